The minimum absolute atomic E-state index is 0.160. The first-order valence-corrected chi connectivity index (χ1v) is 6.86. The largest absolute Gasteiger partial charge is 0.393 e. The van der Waals surface area contributed by atoms with E-state index in [4.69, 9.17) is 0 Å². The van der Waals surface area contributed by atoms with Crippen molar-refractivity contribution in [3.63, 3.8) is 0 Å². The van der Waals surface area contributed by atoms with Crippen molar-refractivity contribution in [3.8, 4) is 0 Å². The van der Waals surface area contributed by atoms with Crippen molar-refractivity contribution in [2.75, 3.05) is 0 Å². The number of benzene rings is 1. The maximum Gasteiger partial charge on any atom is 0.0548 e. The van der Waals surface area contributed by atoms with Crippen LogP contribution in [0.1, 0.15) is 57.9 Å². The van der Waals surface area contributed by atoms with Gasteiger partial charge in [0.25, 0.3) is 0 Å². The fourth-order valence-electron chi connectivity index (χ4n) is 2.50. The van der Waals surface area contributed by atoms with Gasteiger partial charge in [-0.3, -0.25) is 0 Å². The summed E-state index contributed by atoms with van der Waals surface area (Å²) >= 11 is 0. The third-order valence-corrected chi connectivity index (χ3v) is 3.45. The number of hydrogen-bond acceptors (Lipinski definition) is 1. The van der Waals surface area contributed by atoms with Gasteiger partial charge in [0.15, 0.2) is 0 Å². The summed E-state index contributed by atoms with van der Waals surface area (Å²) < 4.78 is 0. The van der Waals surface area contributed by atoms with Crippen molar-refractivity contribution in [2.24, 2.45) is 5.92 Å². The molecule has 0 aromatic heterocycles. The molecular weight excluding hydrogens is 208 g/mol. The van der Waals surface area contributed by atoms with E-state index in [-0.39, 0.29) is 6.10 Å². The number of aliphatic hydroxyl groups is 1. The zero-order valence-corrected chi connectivity index (χ0v) is 11.4. The molecule has 1 nitrogen and oxygen atoms in total. The van der Waals surface area contributed by atoms with Crippen molar-refractivity contribution >= 4 is 0 Å². The van der Waals surface area contributed by atoms with Gasteiger partial charge < -0.3 is 5.11 Å². The second-order valence-electron chi connectivity index (χ2n) is 5.33. The van der Waals surface area contributed by atoms with Crippen LogP contribution < -0.4 is 0 Å². The summed E-state index contributed by atoms with van der Waals surface area (Å²) in [6.45, 7) is 6.64. The zero-order valence-electron chi connectivity index (χ0n) is 11.4. The van der Waals surface area contributed by atoms with Crippen LogP contribution in [0.25, 0.3) is 0 Å². The molecule has 0 radical (unpaired) electrons. The molecule has 1 aromatic rings. The van der Waals surface area contributed by atoms with Crippen LogP contribution >= 0.6 is 0 Å². The van der Waals surface area contributed by atoms with Gasteiger partial charge in [-0.1, -0.05) is 63.9 Å². The Morgan fingerprint density at radius 3 is 2.29 bits per heavy atom. The van der Waals surface area contributed by atoms with Crippen LogP contribution in [0.2, 0.25) is 0 Å². The lowest BCUT2D eigenvalue weighted by atomic mass is 9.90. The number of rotatable bonds is 7. The molecule has 0 amide bonds. The summed E-state index contributed by atoms with van der Waals surface area (Å²) in [6.07, 6.45) is 4.08. The predicted molar refractivity (Wildman–Crippen MR) is 74.2 cm³/mol. The second-order valence-corrected chi connectivity index (χ2v) is 5.33. The van der Waals surface area contributed by atoms with Gasteiger partial charge in [0.2, 0.25) is 0 Å². The number of hydrogen-bond donors (Lipinski definition) is 1. The Balaban J connectivity index is 2.38. The van der Waals surface area contributed by atoms with Crippen LogP contribution in [0.5, 0.6) is 0 Å². The highest BCUT2D eigenvalue weighted by Crippen LogP contribution is 2.23. The monoisotopic (exact) mass is 234 g/mol. The van der Waals surface area contributed by atoms with Gasteiger partial charge >= 0.3 is 0 Å². The third-order valence-electron chi connectivity index (χ3n) is 3.45. The van der Waals surface area contributed by atoms with Crippen LogP contribution in [0.3, 0.4) is 0 Å². The molecule has 0 fully saturated rings. The van der Waals surface area contributed by atoms with E-state index < -0.39 is 0 Å². The number of aliphatic hydroxyl groups excluding tert-OH is 1. The van der Waals surface area contributed by atoms with Gasteiger partial charge in [-0.25, -0.2) is 0 Å². The van der Waals surface area contributed by atoms with Crippen LogP contribution in [-0.2, 0) is 0 Å². The first-order valence-electron chi connectivity index (χ1n) is 6.86. The van der Waals surface area contributed by atoms with E-state index in [0.717, 1.165) is 12.8 Å². The minimum atomic E-state index is -0.160. The summed E-state index contributed by atoms with van der Waals surface area (Å²) in [5, 5.41) is 10.1. The van der Waals surface area contributed by atoms with E-state index in [2.05, 4.69) is 45.0 Å². The molecule has 0 heterocycles. The molecule has 0 aliphatic carbocycles. The Bertz CT molecular complexity index is 294. The van der Waals surface area contributed by atoms with Crippen molar-refractivity contribution < 1.29 is 5.11 Å². The van der Waals surface area contributed by atoms with Crippen LogP contribution in [0, 0.1) is 5.92 Å². The lowest BCUT2D eigenvalue weighted by Crippen LogP contribution is -2.14. The summed E-state index contributed by atoms with van der Waals surface area (Å²) in [4.78, 5) is 0. The van der Waals surface area contributed by atoms with Crippen molar-refractivity contribution in [1.82, 2.24) is 0 Å². The SMILES string of the molecule is CCCC(C)CC(O)CC(C)c1ccccc1. The Labute approximate surface area is 106 Å². The molecule has 1 rings (SSSR count). The van der Waals surface area contributed by atoms with Crippen molar-refractivity contribution in [2.45, 2.75) is 58.5 Å². The topological polar surface area (TPSA) is 20.2 Å². The van der Waals surface area contributed by atoms with Gasteiger partial charge in [-0.15, -0.1) is 0 Å². The van der Waals surface area contributed by atoms with Crippen LogP contribution in [0.15, 0.2) is 30.3 Å². The lowest BCUT2D eigenvalue weighted by molar-refractivity contribution is 0.127. The van der Waals surface area contributed by atoms with Gasteiger partial charge in [0, 0.05) is 0 Å². The normalized spacial score (nSPS) is 16.5. The Kier molecular flexibility index (Phi) is 6.28. The molecule has 3 atom stereocenters. The molecule has 1 N–H and O–H groups in total. The first kappa shape index (κ1) is 14.2. The quantitative estimate of drug-likeness (QED) is 0.743. The molecule has 0 saturated carbocycles. The van der Waals surface area contributed by atoms with E-state index in [1.165, 1.54) is 18.4 Å². The highest BCUT2D eigenvalue weighted by molar-refractivity contribution is 5.18. The standard InChI is InChI=1S/C16H26O/c1-4-8-13(2)11-16(17)12-14(3)15-9-6-5-7-10-15/h5-7,9-10,13-14,16-17H,4,8,11-12H2,1-3H3. The smallest absolute Gasteiger partial charge is 0.0548 e. The molecule has 0 aliphatic heterocycles. The average Bonchev–Trinajstić information content (AvgIpc) is 2.30. The van der Waals surface area contributed by atoms with E-state index in [0.29, 0.717) is 11.8 Å². The molecule has 1 heteroatoms. The van der Waals surface area contributed by atoms with Crippen molar-refractivity contribution in [3.05, 3.63) is 35.9 Å². The zero-order chi connectivity index (χ0) is 12.7. The molecule has 0 bridgehead atoms. The van der Waals surface area contributed by atoms with Gasteiger partial charge in [-0.05, 0) is 30.2 Å². The summed E-state index contributed by atoms with van der Waals surface area (Å²) in [6, 6.07) is 10.5. The van der Waals surface area contributed by atoms with E-state index in [1.54, 1.807) is 0 Å². The van der Waals surface area contributed by atoms with Crippen LogP contribution in [-0.4, -0.2) is 11.2 Å². The fraction of sp³-hybridized carbons (Fsp3) is 0.625. The summed E-state index contributed by atoms with van der Waals surface area (Å²) in [5.74, 6) is 1.08. The fourth-order valence-corrected chi connectivity index (χ4v) is 2.50. The molecule has 0 aliphatic rings. The van der Waals surface area contributed by atoms with E-state index in [9.17, 15) is 5.11 Å². The molecule has 3 unspecified atom stereocenters. The Hall–Kier alpha value is -0.820. The molecule has 1 aromatic carbocycles. The van der Waals surface area contributed by atoms with E-state index >= 15 is 0 Å². The summed E-state index contributed by atoms with van der Waals surface area (Å²) in [7, 11) is 0. The van der Waals surface area contributed by atoms with Gasteiger partial charge in [-0.2, -0.15) is 0 Å². The Morgan fingerprint density at radius 2 is 1.71 bits per heavy atom. The lowest BCUT2D eigenvalue weighted by Gasteiger charge is -2.19. The highest BCUT2D eigenvalue weighted by atomic mass is 16.3. The molecule has 0 saturated heterocycles. The first-order chi connectivity index (χ1) is 8.13. The van der Waals surface area contributed by atoms with Crippen molar-refractivity contribution in [1.29, 1.82) is 0 Å². The molecule has 17 heavy (non-hydrogen) atoms. The minimum Gasteiger partial charge on any atom is -0.393 e. The van der Waals surface area contributed by atoms with Gasteiger partial charge in [0.05, 0.1) is 6.10 Å². The van der Waals surface area contributed by atoms with Crippen LogP contribution in [0.4, 0.5) is 0 Å². The van der Waals surface area contributed by atoms with Gasteiger partial charge in [0.1, 0.15) is 0 Å². The molecule has 0 spiro atoms. The maximum absolute atomic E-state index is 10.1. The Morgan fingerprint density at radius 1 is 1.06 bits per heavy atom. The highest BCUT2D eigenvalue weighted by Gasteiger charge is 2.14. The average molecular weight is 234 g/mol. The second kappa shape index (κ2) is 7.50. The molecular formula is C16H26O. The summed E-state index contributed by atoms with van der Waals surface area (Å²) in [5.41, 5.74) is 1.33. The predicted octanol–water partition coefficient (Wildman–Crippen LogP) is 4.37. The van der Waals surface area contributed by atoms with E-state index in [1.807, 2.05) is 6.07 Å². The molecule has 96 valence electrons. The third kappa shape index (κ3) is 5.36. The maximum atomic E-state index is 10.1.